The zero-order valence-corrected chi connectivity index (χ0v) is 37.6. The largest absolute Gasteiger partial charge is 0.310 e. The summed E-state index contributed by atoms with van der Waals surface area (Å²) >= 11 is 0. The van der Waals surface area contributed by atoms with E-state index in [9.17, 15) is 0 Å². The average Bonchev–Trinajstić information content (AvgIpc) is 3.50. The zero-order chi connectivity index (χ0) is 43.0. The molecule has 2 aliphatic carbocycles. The summed E-state index contributed by atoms with van der Waals surface area (Å²) in [5, 5.41) is 0. The van der Waals surface area contributed by atoms with Crippen LogP contribution in [0.4, 0.5) is 17.1 Å². The molecule has 0 bridgehead atoms. The first-order valence-electron chi connectivity index (χ1n) is 22.4. The first-order valence-corrected chi connectivity index (χ1v) is 22.4. The highest BCUT2D eigenvalue weighted by Crippen LogP contribution is 2.52. The van der Waals surface area contributed by atoms with E-state index in [2.05, 4.69) is 236 Å². The lowest BCUT2D eigenvalue weighted by Gasteiger charge is -2.29. The maximum atomic E-state index is 2.49. The fourth-order valence-corrected chi connectivity index (χ4v) is 10.3. The summed E-state index contributed by atoms with van der Waals surface area (Å²) in [7, 11) is 0. The van der Waals surface area contributed by atoms with Gasteiger partial charge in [0, 0.05) is 22.5 Å². The number of hydrogen-bond donors (Lipinski definition) is 0. The number of fused-ring (bicyclic) bond motifs is 9. The van der Waals surface area contributed by atoms with Gasteiger partial charge in [0.25, 0.3) is 0 Å². The minimum atomic E-state index is -0.0851. The lowest BCUT2D eigenvalue weighted by Crippen LogP contribution is -2.16. The van der Waals surface area contributed by atoms with Gasteiger partial charge in [-0.1, -0.05) is 195 Å². The van der Waals surface area contributed by atoms with Crippen molar-refractivity contribution in [2.45, 2.75) is 84.5 Å². The fourth-order valence-electron chi connectivity index (χ4n) is 10.3. The number of para-hydroxylation sites is 1. The van der Waals surface area contributed by atoms with E-state index in [1.807, 2.05) is 0 Å². The zero-order valence-electron chi connectivity index (χ0n) is 37.6. The van der Waals surface area contributed by atoms with Crippen molar-refractivity contribution >= 4 is 17.1 Å². The van der Waals surface area contributed by atoms with Crippen LogP contribution in [0.25, 0.3) is 44.5 Å². The normalized spacial score (nSPS) is 13.8. The number of hydrogen-bond acceptors (Lipinski definition) is 1. The van der Waals surface area contributed by atoms with Gasteiger partial charge in [0.2, 0.25) is 0 Å². The summed E-state index contributed by atoms with van der Waals surface area (Å²) in [6.45, 7) is 18.7. The Morgan fingerprint density at radius 1 is 0.371 bits per heavy atom. The van der Waals surface area contributed by atoms with Crippen LogP contribution in [-0.4, -0.2) is 0 Å². The summed E-state index contributed by atoms with van der Waals surface area (Å²) in [6.07, 6.45) is 1.68. The van der Waals surface area contributed by atoms with Crippen molar-refractivity contribution in [3.05, 3.63) is 220 Å². The molecule has 8 aromatic carbocycles. The van der Waals surface area contributed by atoms with Crippen molar-refractivity contribution in [3.8, 4) is 44.5 Å². The minimum absolute atomic E-state index is 0.0242. The molecule has 0 fully saturated rings. The Balaban J connectivity index is 1.12. The minimum Gasteiger partial charge on any atom is -0.310 e. The van der Waals surface area contributed by atoms with Gasteiger partial charge in [-0.25, -0.2) is 0 Å². The maximum Gasteiger partial charge on any atom is 0.0464 e. The quantitative estimate of drug-likeness (QED) is 0.171. The van der Waals surface area contributed by atoms with E-state index >= 15 is 0 Å². The van der Waals surface area contributed by atoms with Gasteiger partial charge in [-0.15, -0.1) is 0 Å². The van der Waals surface area contributed by atoms with Gasteiger partial charge in [-0.05, 0) is 149 Å². The second-order valence-corrected chi connectivity index (χ2v) is 20.2. The van der Waals surface area contributed by atoms with Crippen LogP contribution >= 0.6 is 0 Å². The molecule has 0 atom stereocenters. The molecule has 1 nitrogen and oxygen atoms in total. The first-order chi connectivity index (χ1) is 29.8. The molecule has 0 unspecified atom stereocenters. The molecule has 0 saturated heterocycles. The summed E-state index contributed by atoms with van der Waals surface area (Å²) in [5.41, 5.74) is 24.9. The van der Waals surface area contributed by atoms with Crippen LogP contribution in [0.1, 0.15) is 99.9 Å². The molecule has 62 heavy (non-hydrogen) atoms. The van der Waals surface area contributed by atoms with E-state index in [1.54, 1.807) is 0 Å². The highest BCUT2D eigenvalue weighted by atomic mass is 15.1. The highest BCUT2D eigenvalue weighted by molar-refractivity contribution is 5.89. The third-order valence-electron chi connectivity index (χ3n) is 13.7. The van der Waals surface area contributed by atoms with Crippen molar-refractivity contribution in [2.75, 3.05) is 4.90 Å². The second kappa shape index (κ2) is 14.9. The molecule has 8 aromatic rings. The lowest BCUT2D eigenvalue weighted by atomic mass is 9.78. The van der Waals surface area contributed by atoms with Gasteiger partial charge in [0.05, 0.1) is 0 Å². The Kier molecular flexibility index (Phi) is 9.52. The molecular formula is C61H57N. The Morgan fingerprint density at radius 2 is 0.839 bits per heavy atom. The third-order valence-corrected chi connectivity index (χ3v) is 13.7. The molecule has 10 rings (SSSR count). The van der Waals surface area contributed by atoms with Gasteiger partial charge in [-0.3, -0.25) is 0 Å². The fraction of sp³-hybridized carbons (Fsp3) is 0.213. The molecule has 2 aliphatic rings. The van der Waals surface area contributed by atoms with Crippen molar-refractivity contribution < 1.29 is 0 Å². The standard InChI is InChI=1S/C61H57N/c1-59(2,3)45-27-32-51-42(37-45)35-41-17-12-13-20-50(41)53-34-31-49(39-44(53)36-43-38-46(60(4,5)6)28-33-52(43)51)62(47-18-10-9-11-19-47)48-29-25-40(26-30-48)54-22-16-23-56-55-21-14-15-24-57(55)61(7,8)58(54)56/h9-34,37-39H,35-36H2,1-8H3. The summed E-state index contributed by atoms with van der Waals surface area (Å²) in [5.74, 6) is 0. The smallest absolute Gasteiger partial charge is 0.0464 e. The van der Waals surface area contributed by atoms with Crippen LogP contribution in [0.3, 0.4) is 0 Å². The number of rotatable bonds is 4. The monoisotopic (exact) mass is 803 g/mol. The van der Waals surface area contributed by atoms with E-state index in [-0.39, 0.29) is 16.2 Å². The molecule has 0 aromatic heterocycles. The Labute approximate surface area is 369 Å². The Bertz CT molecular complexity index is 2990. The maximum absolute atomic E-state index is 2.49. The molecule has 0 spiro atoms. The molecule has 0 saturated carbocycles. The van der Waals surface area contributed by atoms with Crippen molar-refractivity contribution in [3.63, 3.8) is 0 Å². The highest BCUT2D eigenvalue weighted by Gasteiger charge is 2.37. The summed E-state index contributed by atoms with van der Waals surface area (Å²) in [6, 6.07) is 66.7. The topological polar surface area (TPSA) is 3.24 Å². The van der Waals surface area contributed by atoms with E-state index in [4.69, 9.17) is 0 Å². The predicted molar refractivity (Wildman–Crippen MR) is 264 cm³/mol. The van der Waals surface area contributed by atoms with E-state index in [0.29, 0.717) is 0 Å². The SMILES string of the molecule is CC(C)(C)c1ccc2c(c1)Cc1ccccc1-c1ccc(N(c3ccccc3)c3ccc(-c4cccc5c4C(C)(C)c4ccccc4-5)cc3)cc1Cc1cc(C(C)(C)C)ccc1-2. The van der Waals surface area contributed by atoms with E-state index in [1.165, 1.54) is 89.0 Å². The molecule has 0 heterocycles. The average molecular weight is 804 g/mol. The lowest BCUT2D eigenvalue weighted by molar-refractivity contribution is 0.589. The molecule has 306 valence electrons. The van der Waals surface area contributed by atoms with Crippen LogP contribution in [0.2, 0.25) is 0 Å². The van der Waals surface area contributed by atoms with Crippen LogP contribution in [0.5, 0.6) is 0 Å². The van der Waals surface area contributed by atoms with Crippen molar-refractivity contribution in [1.29, 1.82) is 0 Å². The number of nitrogens with zero attached hydrogens (tertiary/aromatic N) is 1. The van der Waals surface area contributed by atoms with Crippen LogP contribution < -0.4 is 4.90 Å². The van der Waals surface area contributed by atoms with Gasteiger partial charge in [-0.2, -0.15) is 0 Å². The molecular weight excluding hydrogens is 747 g/mol. The second-order valence-electron chi connectivity index (χ2n) is 20.2. The van der Waals surface area contributed by atoms with Gasteiger partial charge in [0.1, 0.15) is 0 Å². The van der Waals surface area contributed by atoms with E-state index < -0.39 is 0 Å². The third kappa shape index (κ3) is 6.89. The van der Waals surface area contributed by atoms with Gasteiger partial charge < -0.3 is 4.90 Å². The molecule has 0 aliphatic heterocycles. The summed E-state index contributed by atoms with van der Waals surface area (Å²) in [4.78, 5) is 2.43. The molecule has 1 heteroatoms. The molecule has 0 N–H and O–H groups in total. The van der Waals surface area contributed by atoms with Crippen LogP contribution in [0, 0.1) is 0 Å². The van der Waals surface area contributed by atoms with Gasteiger partial charge >= 0.3 is 0 Å². The molecule has 0 amide bonds. The van der Waals surface area contributed by atoms with Crippen LogP contribution in [0.15, 0.2) is 176 Å². The first kappa shape index (κ1) is 39.7. The van der Waals surface area contributed by atoms with Crippen molar-refractivity contribution in [1.82, 2.24) is 0 Å². The van der Waals surface area contributed by atoms with E-state index in [0.717, 1.165) is 29.9 Å². The summed E-state index contributed by atoms with van der Waals surface area (Å²) < 4.78 is 0. The predicted octanol–water partition coefficient (Wildman–Crippen LogP) is 16.6. The van der Waals surface area contributed by atoms with Crippen molar-refractivity contribution in [2.24, 2.45) is 0 Å². The Hall–Kier alpha value is -6.44. The molecule has 0 radical (unpaired) electrons. The van der Waals surface area contributed by atoms with Crippen LogP contribution in [-0.2, 0) is 29.1 Å². The van der Waals surface area contributed by atoms with Gasteiger partial charge in [0.15, 0.2) is 0 Å². The number of anilines is 3. The number of benzene rings is 8. The Morgan fingerprint density at radius 3 is 1.48 bits per heavy atom.